The van der Waals surface area contributed by atoms with Crippen LogP contribution in [0.1, 0.15) is 296 Å². The predicted molar refractivity (Wildman–Crippen MR) is 279 cm³/mol. The molecule has 4 atom stereocenters. The lowest BCUT2D eigenvalue weighted by atomic mass is 10.00. The van der Waals surface area contributed by atoms with E-state index < -0.39 is 36.9 Å². The van der Waals surface area contributed by atoms with Crippen molar-refractivity contribution in [1.29, 1.82) is 0 Å². The van der Waals surface area contributed by atoms with Gasteiger partial charge < -0.3 is 25.7 Å². The van der Waals surface area contributed by atoms with Crippen molar-refractivity contribution in [3.63, 3.8) is 0 Å². The Morgan fingerprint density at radius 3 is 1.03 bits per heavy atom. The molecule has 0 bridgehead atoms. The maximum Gasteiger partial charge on any atom is 0.249 e. The summed E-state index contributed by atoms with van der Waals surface area (Å²) in [6, 6.07) is -1.01. The highest BCUT2D eigenvalue weighted by Gasteiger charge is 2.28. The van der Waals surface area contributed by atoms with E-state index in [1.807, 2.05) is 0 Å². The number of carbonyl (C=O) groups is 1. The largest absolute Gasteiger partial charge is 0.394 e. The summed E-state index contributed by atoms with van der Waals surface area (Å²) in [6.45, 7) is 4.07. The summed E-state index contributed by atoms with van der Waals surface area (Å²) in [5.74, 6) is -0.595. The number of amides is 1. The molecule has 0 aliphatic heterocycles. The number of hydrogen-bond acceptors (Lipinski definition) is 5. The van der Waals surface area contributed by atoms with E-state index in [-0.39, 0.29) is 0 Å². The normalized spacial score (nSPS) is 14.0. The van der Waals surface area contributed by atoms with Gasteiger partial charge in [-0.25, -0.2) is 0 Å². The van der Waals surface area contributed by atoms with Crippen LogP contribution in [0.2, 0.25) is 0 Å². The van der Waals surface area contributed by atoms with E-state index >= 15 is 0 Å². The summed E-state index contributed by atoms with van der Waals surface area (Å²) in [5, 5.41) is 44.0. The SMILES string of the molecule is CCCCCCCCCCC/C=C\C/C=C\CCCCCCCCCCC(O)C(=O)NC(CO)C(O)C(O)CCC/C=C/CCCCCCCCCCCCCCCCCCCCC. The number of unbranched alkanes of at least 4 members (excludes halogenated alkanes) is 37. The van der Waals surface area contributed by atoms with Crippen LogP contribution in [0.4, 0.5) is 0 Å². The fourth-order valence-electron chi connectivity index (χ4n) is 8.85. The van der Waals surface area contributed by atoms with E-state index in [1.165, 1.54) is 218 Å². The zero-order valence-electron chi connectivity index (χ0n) is 42.8. The summed E-state index contributed by atoms with van der Waals surface area (Å²) >= 11 is 0. The Bertz CT molecular complexity index is 1010. The van der Waals surface area contributed by atoms with Gasteiger partial charge in [-0.2, -0.15) is 0 Å². The van der Waals surface area contributed by atoms with Crippen LogP contribution in [-0.2, 0) is 4.79 Å². The smallest absolute Gasteiger partial charge is 0.249 e. The van der Waals surface area contributed by atoms with Crippen molar-refractivity contribution in [3.8, 4) is 0 Å². The van der Waals surface area contributed by atoms with E-state index in [1.54, 1.807) is 0 Å². The van der Waals surface area contributed by atoms with Crippen LogP contribution in [0.15, 0.2) is 36.5 Å². The third kappa shape index (κ3) is 45.7. The number of carbonyl (C=O) groups excluding carboxylic acids is 1. The van der Waals surface area contributed by atoms with E-state index in [9.17, 15) is 25.2 Å². The van der Waals surface area contributed by atoms with Gasteiger partial charge >= 0.3 is 0 Å². The molecule has 0 spiro atoms. The van der Waals surface area contributed by atoms with E-state index in [0.29, 0.717) is 12.8 Å². The van der Waals surface area contributed by atoms with Crippen LogP contribution in [0, 0.1) is 0 Å². The van der Waals surface area contributed by atoms with Gasteiger partial charge in [0.15, 0.2) is 0 Å². The minimum Gasteiger partial charge on any atom is -0.394 e. The molecular formula is C58H111NO5. The molecule has 0 aromatic carbocycles. The van der Waals surface area contributed by atoms with Crippen molar-refractivity contribution in [2.45, 2.75) is 321 Å². The Morgan fingerprint density at radius 1 is 0.391 bits per heavy atom. The van der Waals surface area contributed by atoms with Crippen molar-refractivity contribution in [2.24, 2.45) is 0 Å². The number of aliphatic hydroxyl groups is 4. The molecule has 6 nitrogen and oxygen atoms in total. The van der Waals surface area contributed by atoms with Crippen LogP contribution in [-0.4, -0.2) is 57.3 Å². The first-order chi connectivity index (χ1) is 31.5. The molecule has 0 aliphatic rings. The molecule has 0 saturated heterocycles. The summed E-state index contributed by atoms with van der Waals surface area (Å²) in [6.07, 6.45) is 65.0. The zero-order valence-corrected chi connectivity index (χ0v) is 42.8. The minimum atomic E-state index is -1.29. The van der Waals surface area contributed by atoms with Gasteiger partial charge in [0.1, 0.15) is 12.2 Å². The zero-order chi connectivity index (χ0) is 46.7. The quantitative estimate of drug-likeness (QED) is 0.0309. The molecule has 0 saturated carbocycles. The average Bonchev–Trinajstić information content (AvgIpc) is 3.30. The van der Waals surface area contributed by atoms with Crippen molar-refractivity contribution in [2.75, 3.05) is 6.61 Å². The third-order valence-electron chi connectivity index (χ3n) is 13.3. The van der Waals surface area contributed by atoms with Crippen LogP contribution in [0.3, 0.4) is 0 Å². The van der Waals surface area contributed by atoms with Crippen molar-refractivity contribution >= 4 is 5.91 Å². The van der Waals surface area contributed by atoms with Crippen LogP contribution in [0.25, 0.3) is 0 Å². The minimum absolute atomic E-state index is 0.356. The van der Waals surface area contributed by atoms with Gasteiger partial charge in [-0.15, -0.1) is 0 Å². The topological polar surface area (TPSA) is 110 Å². The number of allylic oxidation sites excluding steroid dienone is 6. The highest BCUT2D eigenvalue weighted by molar-refractivity contribution is 5.80. The summed E-state index contributed by atoms with van der Waals surface area (Å²) < 4.78 is 0. The fourth-order valence-corrected chi connectivity index (χ4v) is 8.85. The summed E-state index contributed by atoms with van der Waals surface area (Å²) in [4.78, 5) is 12.6. The lowest BCUT2D eigenvalue weighted by Crippen LogP contribution is -2.53. The Morgan fingerprint density at radius 2 is 0.688 bits per heavy atom. The summed E-state index contributed by atoms with van der Waals surface area (Å²) in [7, 11) is 0. The first kappa shape index (κ1) is 62.5. The Balaban J connectivity index is 3.68. The van der Waals surface area contributed by atoms with Gasteiger partial charge in [0.25, 0.3) is 0 Å². The molecule has 4 unspecified atom stereocenters. The lowest BCUT2D eigenvalue weighted by Gasteiger charge is -2.27. The van der Waals surface area contributed by atoms with Gasteiger partial charge in [0, 0.05) is 0 Å². The molecule has 0 aliphatic carbocycles. The third-order valence-corrected chi connectivity index (χ3v) is 13.3. The van der Waals surface area contributed by atoms with Gasteiger partial charge in [0.05, 0.1) is 18.8 Å². The van der Waals surface area contributed by atoms with E-state index in [4.69, 9.17) is 0 Å². The van der Waals surface area contributed by atoms with Gasteiger partial charge in [-0.3, -0.25) is 4.79 Å². The lowest BCUT2D eigenvalue weighted by molar-refractivity contribution is -0.132. The highest BCUT2D eigenvalue weighted by Crippen LogP contribution is 2.17. The second kappa shape index (κ2) is 52.5. The Hall–Kier alpha value is -1.47. The second-order valence-corrected chi connectivity index (χ2v) is 19.6. The first-order valence-electron chi connectivity index (χ1n) is 28.4. The van der Waals surface area contributed by atoms with E-state index in [0.717, 1.165) is 51.4 Å². The highest BCUT2D eigenvalue weighted by atomic mass is 16.3. The summed E-state index contributed by atoms with van der Waals surface area (Å²) in [5.41, 5.74) is 0. The number of hydrogen-bond donors (Lipinski definition) is 5. The monoisotopic (exact) mass is 902 g/mol. The molecule has 0 radical (unpaired) electrons. The Labute approximate surface area is 398 Å². The first-order valence-corrected chi connectivity index (χ1v) is 28.4. The van der Waals surface area contributed by atoms with Gasteiger partial charge in [0.2, 0.25) is 5.91 Å². The average molecular weight is 903 g/mol. The maximum absolute atomic E-state index is 12.6. The van der Waals surface area contributed by atoms with Crippen LogP contribution in [0.5, 0.6) is 0 Å². The molecule has 0 fully saturated rings. The molecule has 6 heteroatoms. The Kier molecular flexibility index (Phi) is 51.3. The molecular weight excluding hydrogens is 791 g/mol. The fraction of sp³-hybridized carbons (Fsp3) is 0.879. The second-order valence-electron chi connectivity index (χ2n) is 19.6. The van der Waals surface area contributed by atoms with Gasteiger partial charge in [-0.05, 0) is 70.6 Å². The molecule has 0 aromatic rings. The molecule has 0 rings (SSSR count). The van der Waals surface area contributed by atoms with Crippen LogP contribution >= 0.6 is 0 Å². The number of nitrogens with one attached hydrogen (secondary N) is 1. The predicted octanol–water partition coefficient (Wildman–Crippen LogP) is 16.4. The number of rotatable bonds is 52. The number of aliphatic hydroxyl groups excluding tert-OH is 4. The molecule has 5 N–H and O–H groups in total. The van der Waals surface area contributed by atoms with Crippen molar-refractivity contribution in [3.05, 3.63) is 36.5 Å². The van der Waals surface area contributed by atoms with E-state index in [2.05, 4.69) is 55.6 Å². The molecule has 1 amide bonds. The molecule has 378 valence electrons. The van der Waals surface area contributed by atoms with Crippen LogP contribution < -0.4 is 5.32 Å². The van der Waals surface area contributed by atoms with Crippen molar-refractivity contribution in [1.82, 2.24) is 5.32 Å². The molecule has 0 heterocycles. The maximum atomic E-state index is 12.6. The van der Waals surface area contributed by atoms with Crippen molar-refractivity contribution < 1.29 is 25.2 Å². The standard InChI is InChI=1S/C58H111NO5/c1-3-5-7-9-11-13-15-17-19-21-23-25-27-29-31-33-35-37-39-41-43-45-47-49-51-55(61)57(63)54(53-60)59-58(64)56(62)52-50-48-46-44-42-40-38-36-34-32-30-28-26-24-22-20-18-16-14-12-10-8-6-4-2/h24,26,30,32,43,45,54-57,60-63H,3-23,25,27-29,31,33-42,44,46-53H2,1-2H3,(H,59,64)/b26-24-,32-30-,45-43+. The molecule has 64 heavy (non-hydrogen) atoms. The van der Waals surface area contributed by atoms with Gasteiger partial charge in [-0.1, -0.05) is 262 Å². The molecule has 0 aromatic heterocycles.